The monoisotopic (exact) mass is 217 g/mol. The molecule has 0 aromatic carbocycles. The van der Waals surface area contributed by atoms with Crippen LogP contribution < -0.4 is 10.7 Å². The predicted octanol–water partition coefficient (Wildman–Crippen LogP) is 0.813. The van der Waals surface area contributed by atoms with Crippen LogP contribution in [0.2, 0.25) is 0 Å². The molecular weight excluding hydrogens is 202 g/mol. The average molecular weight is 217 g/mol. The van der Waals surface area contributed by atoms with E-state index in [1.54, 1.807) is 0 Å². The van der Waals surface area contributed by atoms with E-state index in [1.165, 1.54) is 6.42 Å². The molecule has 0 aromatic rings. The third kappa shape index (κ3) is 1.55. The fourth-order valence-corrected chi connectivity index (χ4v) is 2.10. The van der Waals surface area contributed by atoms with Crippen molar-refractivity contribution >= 4 is 5.91 Å². The Hall–Kier alpha value is -1.55. The number of carbonyl (C=O) groups is 1. The smallest absolute Gasteiger partial charge is 0.250 e. The molecule has 2 heterocycles. The number of amides is 1. The zero-order valence-corrected chi connectivity index (χ0v) is 9.07. The lowest BCUT2D eigenvalue weighted by Gasteiger charge is -2.26. The van der Waals surface area contributed by atoms with E-state index in [0.717, 1.165) is 24.1 Å². The normalized spacial score (nSPS) is 23.4. The van der Waals surface area contributed by atoms with E-state index in [2.05, 4.69) is 10.7 Å². The highest BCUT2D eigenvalue weighted by Gasteiger charge is 2.27. The number of nitrogens with one attached hydrogen (secondary N) is 2. The molecule has 0 saturated heterocycles. The molecule has 0 unspecified atom stereocenters. The van der Waals surface area contributed by atoms with E-state index in [9.17, 15) is 4.79 Å². The van der Waals surface area contributed by atoms with E-state index in [-0.39, 0.29) is 5.91 Å². The molecule has 1 amide bonds. The number of hydrogen-bond donors (Lipinski definition) is 2. The number of hydrazine groups is 1. The van der Waals surface area contributed by atoms with Crippen molar-refractivity contribution in [2.24, 2.45) is 0 Å². The summed E-state index contributed by atoms with van der Waals surface area (Å²) in [6, 6.07) is 0.401. The molecule has 0 radical (unpaired) electrons. The Morgan fingerprint density at radius 3 is 3.06 bits per heavy atom. The van der Waals surface area contributed by atoms with Gasteiger partial charge in [-0.2, -0.15) is 0 Å². The Morgan fingerprint density at radius 1 is 1.44 bits per heavy atom. The quantitative estimate of drug-likeness (QED) is 0.719. The summed E-state index contributed by atoms with van der Waals surface area (Å²) in [5.74, 6) is 0.0784. The zero-order valence-electron chi connectivity index (χ0n) is 9.07. The Kier molecular flexibility index (Phi) is 2.29. The first kappa shape index (κ1) is 9.66. The van der Waals surface area contributed by atoms with Gasteiger partial charge in [-0.3, -0.25) is 9.80 Å². The molecule has 0 bridgehead atoms. The van der Waals surface area contributed by atoms with Crippen LogP contribution in [0.25, 0.3) is 0 Å². The van der Waals surface area contributed by atoms with E-state index in [1.807, 2.05) is 29.4 Å². The van der Waals surface area contributed by atoms with Crippen LogP contribution in [0.15, 0.2) is 35.7 Å². The van der Waals surface area contributed by atoms with E-state index >= 15 is 0 Å². The minimum atomic E-state index is 0.0784. The van der Waals surface area contributed by atoms with Crippen LogP contribution in [0, 0.1) is 0 Å². The minimum Gasteiger partial charge on any atom is -0.349 e. The third-order valence-corrected chi connectivity index (χ3v) is 3.31. The summed E-state index contributed by atoms with van der Waals surface area (Å²) < 4.78 is 0. The Balaban J connectivity index is 1.75. The number of nitrogens with zero attached hydrogens (tertiary/aromatic N) is 1. The van der Waals surface area contributed by atoms with Crippen LogP contribution in [0.5, 0.6) is 0 Å². The van der Waals surface area contributed by atoms with Gasteiger partial charge in [-0.05, 0) is 31.4 Å². The predicted molar refractivity (Wildman–Crippen MR) is 60.9 cm³/mol. The van der Waals surface area contributed by atoms with E-state index in [0.29, 0.717) is 12.6 Å². The van der Waals surface area contributed by atoms with Gasteiger partial charge in [0.25, 0.3) is 5.91 Å². The van der Waals surface area contributed by atoms with Gasteiger partial charge in [0.2, 0.25) is 0 Å². The van der Waals surface area contributed by atoms with Crippen LogP contribution in [0.1, 0.15) is 19.3 Å². The standard InChI is InChI=1S/C12H15N3O/c16-12(14-9-4-3-5-9)10-8-13-15-7-2-1-6-11(10)15/h1-2,6-7,9,13H,3-5,8H2,(H,14,16). The fourth-order valence-electron chi connectivity index (χ4n) is 2.10. The summed E-state index contributed by atoms with van der Waals surface area (Å²) in [6.07, 6.45) is 11.3. The molecule has 1 saturated carbocycles. The molecule has 2 N–H and O–H groups in total. The third-order valence-electron chi connectivity index (χ3n) is 3.31. The summed E-state index contributed by atoms with van der Waals surface area (Å²) in [5, 5.41) is 4.97. The van der Waals surface area contributed by atoms with Crippen molar-refractivity contribution in [2.45, 2.75) is 25.3 Å². The molecule has 0 spiro atoms. The number of hydrogen-bond acceptors (Lipinski definition) is 3. The molecule has 3 rings (SSSR count). The Labute approximate surface area is 94.7 Å². The average Bonchev–Trinajstić information content (AvgIpc) is 2.67. The van der Waals surface area contributed by atoms with Gasteiger partial charge in [0.15, 0.2) is 0 Å². The molecular formula is C12H15N3O. The van der Waals surface area contributed by atoms with Crippen molar-refractivity contribution in [1.29, 1.82) is 0 Å². The van der Waals surface area contributed by atoms with Crippen molar-refractivity contribution in [3.8, 4) is 0 Å². The second kappa shape index (κ2) is 3.79. The molecule has 84 valence electrons. The zero-order chi connectivity index (χ0) is 11.0. The molecule has 2 aliphatic heterocycles. The molecule has 3 aliphatic rings. The highest BCUT2D eigenvalue weighted by atomic mass is 16.1. The van der Waals surface area contributed by atoms with Gasteiger partial charge in [0.05, 0.1) is 11.3 Å². The maximum absolute atomic E-state index is 12.0. The van der Waals surface area contributed by atoms with Gasteiger partial charge < -0.3 is 5.32 Å². The van der Waals surface area contributed by atoms with Crippen LogP contribution >= 0.6 is 0 Å². The summed E-state index contributed by atoms with van der Waals surface area (Å²) in [5.41, 5.74) is 4.97. The largest absolute Gasteiger partial charge is 0.349 e. The van der Waals surface area contributed by atoms with Crippen molar-refractivity contribution in [2.75, 3.05) is 6.54 Å². The SMILES string of the molecule is O=C(NC1CCC1)C1=C2C=CC=CN2NC1. The van der Waals surface area contributed by atoms with Crippen molar-refractivity contribution in [3.05, 3.63) is 35.7 Å². The summed E-state index contributed by atoms with van der Waals surface area (Å²) in [6.45, 7) is 0.614. The number of carbonyl (C=O) groups excluding carboxylic acids is 1. The first-order valence-electron chi connectivity index (χ1n) is 5.76. The number of fused-ring (bicyclic) bond motifs is 1. The first-order chi connectivity index (χ1) is 7.84. The molecule has 16 heavy (non-hydrogen) atoms. The van der Waals surface area contributed by atoms with Gasteiger partial charge in [-0.15, -0.1) is 0 Å². The fraction of sp³-hybridized carbons (Fsp3) is 0.417. The maximum Gasteiger partial charge on any atom is 0.250 e. The second-order valence-electron chi connectivity index (χ2n) is 4.37. The maximum atomic E-state index is 12.0. The van der Waals surface area contributed by atoms with Gasteiger partial charge in [-0.25, -0.2) is 5.43 Å². The molecule has 0 atom stereocenters. The number of rotatable bonds is 2. The van der Waals surface area contributed by atoms with Crippen molar-refractivity contribution in [1.82, 2.24) is 15.8 Å². The summed E-state index contributed by atoms with van der Waals surface area (Å²) >= 11 is 0. The van der Waals surface area contributed by atoms with Gasteiger partial charge >= 0.3 is 0 Å². The molecule has 4 heteroatoms. The summed E-state index contributed by atoms with van der Waals surface area (Å²) in [7, 11) is 0. The highest BCUT2D eigenvalue weighted by molar-refractivity contribution is 5.95. The Bertz CT molecular complexity index is 404. The van der Waals surface area contributed by atoms with Crippen LogP contribution in [0.3, 0.4) is 0 Å². The molecule has 4 nitrogen and oxygen atoms in total. The van der Waals surface area contributed by atoms with Crippen LogP contribution in [-0.4, -0.2) is 23.5 Å². The van der Waals surface area contributed by atoms with Crippen molar-refractivity contribution < 1.29 is 4.79 Å². The van der Waals surface area contributed by atoms with E-state index < -0.39 is 0 Å². The van der Waals surface area contributed by atoms with Crippen molar-refractivity contribution in [3.63, 3.8) is 0 Å². The minimum absolute atomic E-state index is 0.0784. The lowest BCUT2D eigenvalue weighted by molar-refractivity contribution is -0.118. The lowest BCUT2D eigenvalue weighted by Crippen LogP contribution is -2.40. The molecule has 1 aliphatic carbocycles. The highest BCUT2D eigenvalue weighted by Crippen LogP contribution is 2.22. The topological polar surface area (TPSA) is 44.4 Å². The second-order valence-corrected chi connectivity index (χ2v) is 4.37. The van der Waals surface area contributed by atoms with Gasteiger partial charge in [0.1, 0.15) is 0 Å². The number of allylic oxidation sites excluding steroid dienone is 3. The Morgan fingerprint density at radius 2 is 2.31 bits per heavy atom. The summed E-state index contributed by atoms with van der Waals surface area (Å²) in [4.78, 5) is 12.0. The van der Waals surface area contributed by atoms with Crippen LogP contribution in [-0.2, 0) is 4.79 Å². The molecule has 1 fully saturated rings. The van der Waals surface area contributed by atoms with Crippen LogP contribution in [0.4, 0.5) is 0 Å². The van der Waals surface area contributed by atoms with Gasteiger partial charge in [0, 0.05) is 18.8 Å². The first-order valence-corrected chi connectivity index (χ1v) is 5.76. The lowest BCUT2D eigenvalue weighted by atomic mass is 9.93. The van der Waals surface area contributed by atoms with E-state index in [4.69, 9.17) is 0 Å². The van der Waals surface area contributed by atoms with Gasteiger partial charge in [-0.1, -0.05) is 6.08 Å². The molecule has 0 aromatic heterocycles.